The number of nitrogens with one attached hydrogen (secondary N) is 1. The van der Waals surface area contributed by atoms with E-state index in [-0.39, 0.29) is 28.2 Å². The van der Waals surface area contributed by atoms with Gasteiger partial charge < -0.3 is 9.64 Å². The highest BCUT2D eigenvalue weighted by Gasteiger charge is 2.28. The molecular weight excluding hydrogens is 390 g/mol. The minimum Gasteiger partial charge on any atom is -0.495 e. The predicted octanol–water partition coefficient (Wildman–Crippen LogP) is 3.22. The molecule has 0 atom stereocenters. The summed E-state index contributed by atoms with van der Waals surface area (Å²) in [6.07, 6.45) is 3.38. The number of benzene rings is 1. The first kappa shape index (κ1) is 22.8. The van der Waals surface area contributed by atoms with E-state index in [0.717, 1.165) is 5.56 Å². The van der Waals surface area contributed by atoms with Gasteiger partial charge in [-0.05, 0) is 64.4 Å². The number of amides is 1. The van der Waals surface area contributed by atoms with Crippen molar-refractivity contribution in [1.82, 2.24) is 14.6 Å². The Kier molecular flexibility index (Phi) is 7.02. The molecule has 0 radical (unpaired) electrons. The molecule has 0 spiro atoms. The van der Waals surface area contributed by atoms with Crippen molar-refractivity contribution in [3.63, 3.8) is 0 Å². The van der Waals surface area contributed by atoms with Crippen LogP contribution in [-0.4, -0.2) is 42.9 Å². The smallest absolute Gasteiger partial charge is 0.254 e. The minimum absolute atomic E-state index is 0.0640. The lowest BCUT2D eigenvalue weighted by molar-refractivity contribution is 0.0690. The number of ether oxygens (including phenoxy) is 1. The molecule has 1 aromatic heterocycles. The summed E-state index contributed by atoms with van der Waals surface area (Å²) in [6, 6.07) is 8.08. The highest BCUT2D eigenvalue weighted by molar-refractivity contribution is 7.89. The van der Waals surface area contributed by atoms with E-state index >= 15 is 0 Å². The zero-order chi connectivity index (χ0) is 21.8. The van der Waals surface area contributed by atoms with Crippen molar-refractivity contribution in [2.24, 2.45) is 0 Å². The zero-order valence-electron chi connectivity index (χ0n) is 17.8. The lowest BCUT2D eigenvalue weighted by Crippen LogP contribution is -2.41. The summed E-state index contributed by atoms with van der Waals surface area (Å²) in [5.41, 5.74) is 0.497. The first-order valence-corrected chi connectivity index (χ1v) is 10.8. The lowest BCUT2D eigenvalue weighted by Gasteiger charge is -2.27. The molecule has 0 bridgehead atoms. The average Bonchev–Trinajstić information content (AvgIpc) is 2.63. The molecule has 8 heteroatoms. The SMILES string of the molecule is COc1ccc(C(=O)N(Cc2cccnc2)C(C)C)cc1S(=O)(=O)NC(C)(C)C. The van der Waals surface area contributed by atoms with Gasteiger partial charge in [0.1, 0.15) is 10.6 Å². The molecule has 2 aromatic rings. The third kappa shape index (κ3) is 6.01. The van der Waals surface area contributed by atoms with Gasteiger partial charge in [-0.25, -0.2) is 13.1 Å². The molecule has 0 aliphatic carbocycles. The highest BCUT2D eigenvalue weighted by atomic mass is 32.2. The maximum atomic E-state index is 13.2. The van der Waals surface area contributed by atoms with Gasteiger partial charge in [-0.3, -0.25) is 9.78 Å². The standard InChI is InChI=1S/C21H29N3O4S/c1-15(2)24(14-16-8-7-11-22-13-16)20(25)17-9-10-18(28-6)19(12-17)29(26,27)23-21(3,4)5/h7-13,15,23H,14H2,1-6H3. The van der Waals surface area contributed by atoms with E-state index in [2.05, 4.69) is 9.71 Å². The van der Waals surface area contributed by atoms with Crippen LogP contribution in [0.3, 0.4) is 0 Å². The van der Waals surface area contributed by atoms with Crippen molar-refractivity contribution >= 4 is 15.9 Å². The van der Waals surface area contributed by atoms with Crippen LogP contribution >= 0.6 is 0 Å². The second-order valence-corrected chi connectivity index (χ2v) is 9.76. The molecule has 0 aliphatic rings. The van der Waals surface area contributed by atoms with E-state index in [1.165, 1.54) is 19.2 Å². The van der Waals surface area contributed by atoms with E-state index < -0.39 is 15.6 Å². The first-order chi connectivity index (χ1) is 13.4. The second-order valence-electron chi connectivity index (χ2n) is 8.11. The Morgan fingerprint density at radius 1 is 1.24 bits per heavy atom. The van der Waals surface area contributed by atoms with Gasteiger partial charge in [-0.1, -0.05) is 6.07 Å². The van der Waals surface area contributed by atoms with Crippen LogP contribution in [0.4, 0.5) is 0 Å². The molecule has 1 heterocycles. The fourth-order valence-corrected chi connectivity index (χ4v) is 4.44. The number of nitrogens with zero attached hydrogens (tertiary/aromatic N) is 2. The summed E-state index contributed by atoms with van der Waals surface area (Å²) >= 11 is 0. The lowest BCUT2D eigenvalue weighted by atomic mass is 10.1. The van der Waals surface area contributed by atoms with E-state index in [9.17, 15) is 13.2 Å². The Bertz CT molecular complexity index is 952. The minimum atomic E-state index is -3.88. The van der Waals surface area contributed by atoms with E-state index in [1.54, 1.807) is 44.1 Å². The van der Waals surface area contributed by atoms with Gasteiger partial charge in [-0.2, -0.15) is 0 Å². The van der Waals surface area contributed by atoms with Gasteiger partial charge in [0.05, 0.1) is 7.11 Å². The number of aromatic nitrogens is 1. The highest BCUT2D eigenvalue weighted by Crippen LogP contribution is 2.27. The van der Waals surface area contributed by atoms with Crippen molar-refractivity contribution in [3.8, 4) is 5.75 Å². The van der Waals surface area contributed by atoms with Gasteiger partial charge >= 0.3 is 0 Å². The molecule has 0 saturated carbocycles. The maximum absolute atomic E-state index is 13.2. The number of methoxy groups -OCH3 is 1. The predicted molar refractivity (Wildman–Crippen MR) is 112 cm³/mol. The molecule has 7 nitrogen and oxygen atoms in total. The first-order valence-electron chi connectivity index (χ1n) is 9.36. The van der Waals surface area contributed by atoms with Crippen LogP contribution in [0.25, 0.3) is 0 Å². The molecular formula is C21H29N3O4S. The van der Waals surface area contributed by atoms with Crippen LogP contribution < -0.4 is 9.46 Å². The van der Waals surface area contributed by atoms with Gasteiger partial charge in [0.25, 0.3) is 5.91 Å². The largest absolute Gasteiger partial charge is 0.495 e. The van der Waals surface area contributed by atoms with Crippen molar-refractivity contribution in [1.29, 1.82) is 0 Å². The molecule has 158 valence electrons. The van der Waals surface area contributed by atoms with Crippen LogP contribution in [0, 0.1) is 0 Å². The summed E-state index contributed by atoms with van der Waals surface area (Å²) in [5, 5.41) is 0. The van der Waals surface area contributed by atoms with Crippen LogP contribution in [0.1, 0.15) is 50.5 Å². The van der Waals surface area contributed by atoms with Crippen LogP contribution in [-0.2, 0) is 16.6 Å². The van der Waals surface area contributed by atoms with Crippen LogP contribution in [0.15, 0.2) is 47.6 Å². The number of carbonyl (C=O) groups is 1. The third-order valence-corrected chi connectivity index (χ3v) is 5.88. The average molecular weight is 420 g/mol. The molecule has 1 aromatic carbocycles. The Balaban J connectivity index is 2.44. The molecule has 0 aliphatic heterocycles. The second kappa shape index (κ2) is 8.92. The fourth-order valence-electron chi connectivity index (χ4n) is 2.82. The number of hydrogen-bond acceptors (Lipinski definition) is 5. The summed E-state index contributed by atoms with van der Waals surface area (Å²) in [7, 11) is -2.48. The van der Waals surface area contributed by atoms with Gasteiger partial charge in [0, 0.05) is 36.1 Å². The normalized spacial score (nSPS) is 12.1. The molecule has 1 amide bonds. The number of pyridine rings is 1. The van der Waals surface area contributed by atoms with E-state index in [0.29, 0.717) is 6.54 Å². The Morgan fingerprint density at radius 2 is 1.93 bits per heavy atom. The number of hydrogen-bond donors (Lipinski definition) is 1. The third-order valence-electron chi connectivity index (χ3n) is 4.10. The topological polar surface area (TPSA) is 88.6 Å². The molecule has 0 unspecified atom stereocenters. The monoisotopic (exact) mass is 419 g/mol. The summed E-state index contributed by atoms with van der Waals surface area (Å²) in [6.45, 7) is 9.45. The summed E-state index contributed by atoms with van der Waals surface area (Å²) < 4.78 is 33.6. The molecule has 0 saturated heterocycles. The molecule has 0 fully saturated rings. The Morgan fingerprint density at radius 3 is 2.45 bits per heavy atom. The Labute approximate surface area is 173 Å². The van der Waals surface area contributed by atoms with Crippen LogP contribution in [0.2, 0.25) is 0 Å². The molecule has 2 rings (SSSR count). The zero-order valence-corrected chi connectivity index (χ0v) is 18.6. The van der Waals surface area contributed by atoms with Crippen molar-refractivity contribution < 1.29 is 17.9 Å². The van der Waals surface area contributed by atoms with E-state index in [4.69, 9.17) is 4.74 Å². The van der Waals surface area contributed by atoms with Gasteiger partial charge in [0.2, 0.25) is 10.0 Å². The fraction of sp³-hybridized carbons (Fsp3) is 0.429. The van der Waals surface area contributed by atoms with Gasteiger partial charge in [-0.15, -0.1) is 0 Å². The summed E-state index contributed by atoms with van der Waals surface area (Å²) in [5.74, 6) is -0.0830. The Hall–Kier alpha value is -2.45. The maximum Gasteiger partial charge on any atom is 0.254 e. The van der Waals surface area contributed by atoms with Gasteiger partial charge in [0.15, 0.2) is 0 Å². The number of sulfonamides is 1. The van der Waals surface area contributed by atoms with Crippen LogP contribution in [0.5, 0.6) is 5.75 Å². The molecule has 29 heavy (non-hydrogen) atoms. The van der Waals surface area contributed by atoms with Crippen molar-refractivity contribution in [3.05, 3.63) is 53.9 Å². The van der Waals surface area contributed by atoms with E-state index in [1.807, 2.05) is 26.0 Å². The summed E-state index contributed by atoms with van der Waals surface area (Å²) in [4.78, 5) is 18.9. The number of rotatable bonds is 7. The molecule has 1 N–H and O–H groups in total. The number of carbonyl (C=O) groups excluding carboxylic acids is 1. The quantitative estimate of drug-likeness (QED) is 0.744. The van der Waals surface area contributed by atoms with Crippen molar-refractivity contribution in [2.45, 2.75) is 57.6 Å². The van der Waals surface area contributed by atoms with Crippen molar-refractivity contribution in [2.75, 3.05) is 7.11 Å².